The maximum atomic E-state index is 5.47. The Bertz CT molecular complexity index is 272. The number of hydrogen-bond donors (Lipinski definition) is 1. The molecule has 0 radical (unpaired) electrons. The molecule has 1 aromatic rings. The highest BCUT2D eigenvalue weighted by molar-refractivity contribution is 7.13. The van der Waals surface area contributed by atoms with Crippen LogP contribution in [0.1, 0.15) is 6.42 Å². The Morgan fingerprint density at radius 1 is 1.79 bits per heavy atom. The Hall–Kier alpha value is -0.720. The molecule has 1 aliphatic heterocycles. The molecule has 1 atom stereocenters. The first kappa shape index (κ1) is 9.82. The third-order valence-corrected chi connectivity index (χ3v) is 3.07. The predicted molar refractivity (Wildman–Crippen MR) is 53.6 cm³/mol. The minimum Gasteiger partial charge on any atom is -0.378 e. The number of nitrogens with one attached hydrogen (secondary N) is 1. The van der Waals surface area contributed by atoms with Crippen molar-refractivity contribution in [3.63, 3.8) is 0 Å². The molecule has 78 valence electrons. The number of nitrogens with zero attached hydrogens (tertiary/aromatic N) is 2. The Labute approximate surface area is 86.4 Å². The predicted octanol–water partition coefficient (Wildman–Crippen LogP) is 0.755. The van der Waals surface area contributed by atoms with Crippen molar-refractivity contribution in [2.75, 3.05) is 32.2 Å². The van der Waals surface area contributed by atoms with Crippen molar-refractivity contribution in [1.29, 1.82) is 0 Å². The lowest BCUT2D eigenvalue weighted by Crippen LogP contribution is -2.39. The van der Waals surface area contributed by atoms with E-state index in [4.69, 9.17) is 9.47 Å². The van der Waals surface area contributed by atoms with Gasteiger partial charge in [0.1, 0.15) is 11.1 Å². The standard InChI is InChI=1S/C8H13N3O2S/c1-12-8(2-3-13-5-8)4-9-7-11-10-6-14-7/h6H,2-5H2,1H3,(H,9,11). The summed E-state index contributed by atoms with van der Waals surface area (Å²) in [4.78, 5) is 0. The molecule has 0 spiro atoms. The molecule has 0 aromatic carbocycles. The lowest BCUT2D eigenvalue weighted by molar-refractivity contribution is -0.00620. The minimum atomic E-state index is -0.189. The molecule has 1 N–H and O–H groups in total. The van der Waals surface area contributed by atoms with E-state index < -0.39 is 0 Å². The van der Waals surface area contributed by atoms with Gasteiger partial charge in [-0.3, -0.25) is 0 Å². The Morgan fingerprint density at radius 3 is 3.29 bits per heavy atom. The summed E-state index contributed by atoms with van der Waals surface area (Å²) < 4.78 is 10.8. The van der Waals surface area contributed by atoms with Crippen LogP contribution in [0.4, 0.5) is 5.13 Å². The van der Waals surface area contributed by atoms with Gasteiger partial charge in [-0.1, -0.05) is 11.3 Å². The molecule has 1 aliphatic rings. The van der Waals surface area contributed by atoms with E-state index in [1.54, 1.807) is 12.6 Å². The molecule has 0 bridgehead atoms. The number of hydrogen-bond acceptors (Lipinski definition) is 6. The number of rotatable bonds is 4. The Kier molecular flexibility index (Phi) is 2.95. The summed E-state index contributed by atoms with van der Waals surface area (Å²) in [5.74, 6) is 0. The van der Waals surface area contributed by atoms with Crippen LogP contribution in [-0.2, 0) is 9.47 Å². The number of ether oxygens (including phenoxy) is 2. The summed E-state index contributed by atoms with van der Waals surface area (Å²) in [6, 6.07) is 0. The van der Waals surface area contributed by atoms with Gasteiger partial charge in [0, 0.05) is 26.7 Å². The van der Waals surface area contributed by atoms with Crippen LogP contribution in [0.25, 0.3) is 0 Å². The smallest absolute Gasteiger partial charge is 0.205 e. The normalized spacial score (nSPS) is 26.6. The molecule has 0 aliphatic carbocycles. The van der Waals surface area contributed by atoms with E-state index in [-0.39, 0.29) is 5.60 Å². The molecule has 5 nitrogen and oxygen atoms in total. The summed E-state index contributed by atoms with van der Waals surface area (Å²) in [6.07, 6.45) is 0.926. The van der Waals surface area contributed by atoms with E-state index in [0.29, 0.717) is 6.61 Å². The average Bonchev–Trinajstić information content (AvgIpc) is 2.87. The lowest BCUT2D eigenvalue weighted by Gasteiger charge is -2.25. The van der Waals surface area contributed by atoms with Gasteiger partial charge >= 0.3 is 0 Å². The largest absolute Gasteiger partial charge is 0.378 e. The third kappa shape index (κ3) is 2.02. The van der Waals surface area contributed by atoms with Crippen LogP contribution in [0, 0.1) is 0 Å². The zero-order valence-corrected chi connectivity index (χ0v) is 8.84. The SMILES string of the molecule is COC1(CNc2nncs2)CCOC1. The van der Waals surface area contributed by atoms with Crippen LogP contribution < -0.4 is 5.32 Å². The molecule has 2 heterocycles. The molecule has 0 saturated carbocycles. The van der Waals surface area contributed by atoms with Gasteiger partial charge in [0.15, 0.2) is 0 Å². The summed E-state index contributed by atoms with van der Waals surface area (Å²) in [6.45, 7) is 2.14. The van der Waals surface area contributed by atoms with Crippen LogP contribution >= 0.6 is 11.3 Å². The highest BCUT2D eigenvalue weighted by Crippen LogP contribution is 2.23. The first-order chi connectivity index (χ1) is 6.85. The lowest BCUT2D eigenvalue weighted by atomic mass is 10.0. The molecular formula is C8H13N3O2S. The van der Waals surface area contributed by atoms with Gasteiger partial charge in [-0.15, -0.1) is 10.2 Å². The second kappa shape index (κ2) is 4.20. The van der Waals surface area contributed by atoms with Crippen LogP contribution in [0.2, 0.25) is 0 Å². The van der Waals surface area contributed by atoms with Crippen LogP contribution in [0.3, 0.4) is 0 Å². The molecule has 1 fully saturated rings. The summed E-state index contributed by atoms with van der Waals surface area (Å²) >= 11 is 1.49. The van der Waals surface area contributed by atoms with Crippen molar-refractivity contribution in [2.45, 2.75) is 12.0 Å². The second-order valence-corrected chi connectivity index (χ2v) is 4.12. The fourth-order valence-corrected chi connectivity index (χ4v) is 1.89. The summed E-state index contributed by atoms with van der Waals surface area (Å²) in [7, 11) is 1.72. The first-order valence-electron chi connectivity index (χ1n) is 4.48. The molecular weight excluding hydrogens is 202 g/mol. The van der Waals surface area contributed by atoms with Crippen molar-refractivity contribution in [2.24, 2.45) is 0 Å². The Morgan fingerprint density at radius 2 is 2.71 bits per heavy atom. The van der Waals surface area contributed by atoms with Crippen molar-refractivity contribution in [3.05, 3.63) is 5.51 Å². The van der Waals surface area contributed by atoms with E-state index in [9.17, 15) is 0 Å². The fourth-order valence-electron chi connectivity index (χ4n) is 1.45. The molecule has 1 aromatic heterocycles. The highest BCUT2D eigenvalue weighted by atomic mass is 32.1. The van der Waals surface area contributed by atoms with E-state index in [0.717, 1.165) is 24.7 Å². The molecule has 1 unspecified atom stereocenters. The minimum absolute atomic E-state index is 0.189. The maximum absolute atomic E-state index is 5.47. The van der Waals surface area contributed by atoms with Crippen molar-refractivity contribution in [3.8, 4) is 0 Å². The molecule has 14 heavy (non-hydrogen) atoms. The maximum Gasteiger partial charge on any atom is 0.205 e. The van der Waals surface area contributed by atoms with Crippen molar-refractivity contribution in [1.82, 2.24) is 10.2 Å². The van der Waals surface area contributed by atoms with Crippen LogP contribution in [-0.4, -0.2) is 42.7 Å². The van der Waals surface area contributed by atoms with Gasteiger partial charge in [-0.2, -0.15) is 0 Å². The van der Waals surface area contributed by atoms with Gasteiger partial charge in [-0.05, 0) is 0 Å². The second-order valence-electron chi connectivity index (χ2n) is 3.29. The Balaban J connectivity index is 1.89. The quantitative estimate of drug-likeness (QED) is 0.803. The highest BCUT2D eigenvalue weighted by Gasteiger charge is 2.34. The van der Waals surface area contributed by atoms with E-state index in [1.807, 2.05) is 0 Å². The average molecular weight is 215 g/mol. The molecule has 2 rings (SSSR count). The van der Waals surface area contributed by atoms with E-state index >= 15 is 0 Å². The van der Waals surface area contributed by atoms with Crippen molar-refractivity contribution < 1.29 is 9.47 Å². The number of methoxy groups -OCH3 is 1. The van der Waals surface area contributed by atoms with E-state index in [1.165, 1.54) is 11.3 Å². The third-order valence-electron chi connectivity index (χ3n) is 2.42. The van der Waals surface area contributed by atoms with Crippen LogP contribution in [0.15, 0.2) is 5.51 Å². The molecule has 6 heteroatoms. The zero-order valence-electron chi connectivity index (χ0n) is 8.02. The number of aromatic nitrogens is 2. The summed E-state index contributed by atoms with van der Waals surface area (Å²) in [5.41, 5.74) is 1.51. The van der Waals surface area contributed by atoms with Gasteiger partial charge in [-0.25, -0.2) is 0 Å². The van der Waals surface area contributed by atoms with Gasteiger partial charge < -0.3 is 14.8 Å². The molecule has 0 amide bonds. The first-order valence-corrected chi connectivity index (χ1v) is 5.36. The number of anilines is 1. The molecule has 1 saturated heterocycles. The van der Waals surface area contributed by atoms with Gasteiger partial charge in [0.05, 0.1) is 6.61 Å². The van der Waals surface area contributed by atoms with Crippen LogP contribution in [0.5, 0.6) is 0 Å². The topological polar surface area (TPSA) is 56.3 Å². The fraction of sp³-hybridized carbons (Fsp3) is 0.750. The van der Waals surface area contributed by atoms with E-state index in [2.05, 4.69) is 15.5 Å². The summed E-state index contributed by atoms with van der Waals surface area (Å²) in [5, 5.41) is 11.7. The monoisotopic (exact) mass is 215 g/mol. The van der Waals surface area contributed by atoms with Gasteiger partial charge in [0.25, 0.3) is 0 Å². The van der Waals surface area contributed by atoms with Gasteiger partial charge in [0.2, 0.25) is 5.13 Å². The van der Waals surface area contributed by atoms with Crippen molar-refractivity contribution >= 4 is 16.5 Å². The zero-order chi connectivity index (χ0) is 9.86.